The highest BCUT2D eigenvalue weighted by Gasteiger charge is 2.21. The predicted molar refractivity (Wildman–Crippen MR) is 85.3 cm³/mol. The second-order valence-electron chi connectivity index (χ2n) is 5.77. The van der Waals surface area contributed by atoms with Gasteiger partial charge in [-0.3, -0.25) is 4.79 Å². The molecule has 1 heterocycles. The van der Waals surface area contributed by atoms with E-state index in [1.807, 2.05) is 25.2 Å². The van der Waals surface area contributed by atoms with Crippen LogP contribution in [0.25, 0.3) is 11.0 Å². The van der Waals surface area contributed by atoms with E-state index in [2.05, 4.69) is 10.6 Å². The van der Waals surface area contributed by atoms with Crippen LogP contribution in [0.5, 0.6) is 5.75 Å². The van der Waals surface area contributed by atoms with E-state index >= 15 is 0 Å². The molecule has 5 heteroatoms. The number of rotatable bonds is 5. The van der Waals surface area contributed by atoms with Crippen molar-refractivity contribution in [1.82, 2.24) is 10.6 Å². The zero-order valence-corrected chi connectivity index (χ0v) is 13.1. The lowest BCUT2D eigenvalue weighted by molar-refractivity contribution is 0.0912. The first kappa shape index (κ1) is 14.9. The molecule has 1 aromatic carbocycles. The molecule has 1 aliphatic rings. The summed E-state index contributed by atoms with van der Waals surface area (Å²) < 4.78 is 11.1. The van der Waals surface area contributed by atoms with E-state index in [4.69, 9.17) is 9.15 Å². The van der Waals surface area contributed by atoms with E-state index in [0.717, 1.165) is 23.8 Å². The van der Waals surface area contributed by atoms with E-state index in [-0.39, 0.29) is 11.9 Å². The maximum atomic E-state index is 12.4. The molecule has 118 valence electrons. The van der Waals surface area contributed by atoms with Gasteiger partial charge in [0.15, 0.2) is 17.1 Å². The highest BCUT2D eigenvalue weighted by molar-refractivity contribution is 5.98. The lowest BCUT2D eigenvalue weighted by Gasteiger charge is -2.09. The Morgan fingerprint density at radius 1 is 1.36 bits per heavy atom. The van der Waals surface area contributed by atoms with E-state index in [9.17, 15) is 4.79 Å². The molecule has 1 aromatic heterocycles. The van der Waals surface area contributed by atoms with Crippen LogP contribution in [0, 0.1) is 0 Å². The lowest BCUT2D eigenvalue weighted by atomic mass is 10.1. The summed E-state index contributed by atoms with van der Waals surface area (Å²) >= 11 is 0. The standard InChI is InChI=1S/C17H22N2O3/c1-18-10-11-7-8-14(21-2)16-13(11)9-15(22-16)17(20)19-12-5-3-4-6-12/h7-9,12,18H,3-6,10H2,1-2H3,(H,19,20). The van der Waals surface area contributed by atoms with E-state index < -0.39 is 0 Å². The van der Waals surface area contributed by atoms with Gasteiger partial charge in [-0.1, -0.05) is 18.9 Å². The Labute approximate surface area is 130 Å². The summed E-state index contributed by atoms with van der Waals surface area (Å²) in [7, 11) is 3.50. The molecule has 2 aromatic rings. The average Bonchev–Trinajstić information content (AvgIpc) is 3.17. The minimum absolute atomic E-state index is 0.138. The molecule has 0 bridgehead atoms. The Morgan fingerprint density at radius 3 is 2.82 bits per heavy atom. The molecule has 1 fully saturated rings. The highest BCUT2D eigenvalue weighted by atomic mass is 16.5. The molecule has 0 radical (unpaired) electrons. The van der Waals surface area contributed by atoms with Crippen molar-refractivity contribution >= 4 is 16.9 Å². The second-order valence-corrected chi connectivity index (χ2v) is 5.77. The molecule has 2 N–H and O–H groups in total. The SMILES string of the molecule is CNCc1ccc(OC)c2oc(C(=O)NC3CCCC3)cc12. The van der Waals surface area contributed by atoms with Crippen molar-refractivity contribution in [1.29, 1.82) is 0 Å². The molecule has 0 aliphatic heterocycles. The number of carbonyl (C=O) groups excluding carboxylic acids is 1. The van der Waals surface area contributed by atoms with Crippen LogP contribution >= 0.6 is 0 Å². The van der Waals surface area contributed by atoms with Gasteiger partial charge in [0.05, 0.1) is 7.11 Å². The normalized spacial score (nSPS) is 15.4. The monoisotopic (exact) mass is 302 g/mol. The predicted octanol–water partition coefficient (Wildman–Crippen LogP) is 2.83. The Bertz CT molecular complexity index is 672. The van der Waals surface area contributed by atoms with E-state index in [1.54, 1.807) is 7.11 Å². The number of methoxy groups -OCH3 is 1. The van der Waals surface area contributed by atoms with Gasteiger partial charge in [0.25, 0.3) is 5.91 Å². The minimum Gasteiger partial charge on any atom is -0.493 e. The fraction of sp³-hybridized carbons (Fsp3) is 0.471. The summed E-state index contributed by atoms with van der Waals surface area (Å²) in [5.74, 6) is 0.860. The Morgan fingerprint density at radius 2 is 2.14 bits per heavy atom. The van der Waals surface area contributed by atoms with Crippen LogP contribution < -0.4 is 15.4 Å². The molecule has 0 saturated heterocycles. The summed E-state index contributed by atoms with van der Waals surface area (Å²) in [5, 5.41) is 7.11. The van der Waals surface area contributed by atoms with Crippen molar-refractivity contribution in [2.75, 3.05) is 14.2 Å². The van der Waals surface area contributed by atoms with E-state index in [1.165, 1.54) is 12.8 Å². The van der Waals surface area contributed by atoms with Crippen LogP contribution in [0.3, 0.4) is 0 Å². The van der Waals surface area contributed by atoms with Gasteiger partial charge in [0, 0.05) is 18.0 Å². The van der Waals surface area contributed by atoms with Crippen LogP contribution in [0.2, 0.25) is 0 Å². The number of fused-ring (bicyclic) bond motifs is 1. The van der Waals surface area contributed by atoms with Gasteiger partial charge < -0.3 is 19.8 Å². The van der Waals surface area contributed by atoms with Gasteiger partial charge in [-0.2, -0.15) is 0 Å². The summed E-state index contributed by atoms with van der Waals surface area (Å²) in [5.41, 5.74) is 1.72. The molecule has 1 aliphatic carbocycles. The smallest absolute Gasteiger partial charge is 0.287 e. The first-order valence-corrected chi connectivity index (χ1v) is 7.78. The summed E-state index contributed by atoms with van der Waals surface area (Å²) in [6, 6.07) is 5.96. The Kier molecular flexibility index (Phi) is 4.34. The minimum atomic E-state index is -0.138. The first-order chi connectivity index (χ1) is 10.7. The van der Waals surface area contributed by atoms with Crippen LogP contribution in [-0.2, 0) is 6.54 Å². The number of amides is 1. The fourth-order valence-corrected chi connectivity index (χ4v) is 3.10. The van der Waals surface area contributed by atoms with Crippen molar-refractivity contribution in [2.24, 2.45) is 0 Å². The van der Waals surface area contributed by atoms with E-state index in [0.29, 0.717) is 23.6 Å². The van der Waals surface area contributed by atoms with Crippen LogP contribution in [-0.4, -0.2) is 26.1 Å². The fourth-order valence-electron chi connectivity index (χ4n) is 3.10. The van der Waals surface area contributed by atoms with Gasteiger partial charge in [-0.05, 0) is 37.6 Å². The third-order valence-electron chi connectivity index (χ3n) is 4.24. The summed E-state index contributed by atoms with van der Waals surface area (Å²) in [6.45, 7) is 0.712. The number of carbonyl (C=O) groups is 1. The van der Waals surface area contributed by atoms with Gasteiger partial charge in [0.1, 0.15) is 0 Å². The molecule has 0 atom stereocenters. The molecule has 1 saturated carbocycles. The van der Waals surface area contributed by atoms with Crippen LogP contribution in [0.15, 0.2) is 22.6 Å². The number of hydrogen-bond acceptors (Lipinski definition) is 4. The third-order valence-corrected chi connectivity index (χ3v) is 4.24. The molecular weight excluding hydrogens is 280 g/mol. The van der Waals surface area contributed by atoms with Gasteiger partial charge in [-0.25, -0.2) is 0 Å². The maximum absolute atomic E-state index is 12.4. The average molecular weight is 302 g/mol. The van der Waals surface area contributed by atoms with Crippen molar-refractivity contribution < 1.29 is 13.9 Å². The Balaban J connectivity index is 1.93. The third kappa shape index (κ3) is 2.81. The van der Waals surface area contributed by atoms with Gasteiger partial charge in [-0.15, -0.1) is 0 Å². The van der Waals surface area contributed by atoms with Gasteiger partial charge >= 0.3 is 0 Å². The largest absolute Gasteiger partial charge is 0.493 e. The number of ether oxygens (including phenoxy) is 1. The molecule has 3 rings (SSSR count). The number of nitrogens with one attached hydrogen (secondary N) is 2. The summed E-state index contributed by atoms with van der Waals surface area (Å²) in [6.07, 6.45) is 4.48. The summed E-state index contributed by atoms with van der Waals surface area (Å²) in [4.78, 5) is 12.4. The Hall–Kier alpha value is -2.01. The van der Waals surface area contributed by atoms with Crippen LogP contribution in [0.4, 0.5) is 0 Å². The number of benzene rings is 1. The lowest BCUT2D eigenvalue weighted by Crippen LogP contribution is -2.32. The molecule has 0 spiro atoms. The molecular formula is C17H22N2O3. The highest BCUT2D eigenvalue weighted by Crippen LogP contribution is 2.31. The molecule has 1 amide bonds. The van der Waals surface area contributed by atoms with Crippen LogP contribution in [0.1, 0.15) is 41.8 Å². The number of furan rings is 1. The van der Waals surface area contributed by atoms with Crippen molar-refractivity contribution in [3.8, 4) is 5.75 Å². The van der Waals surface area contributed by atoms with Crippen molar-refractivity contribution in [3.05, 3.63) is 29.5 Å². The molecule has 5 nitrogen and oxygen atoms in total. The first-order valence-electron chi connectivity index (χ1n) is 7.78. The molecule has 22 heavy (non-hydrogen) atoms. The zero-order valence-electron chi connectivity index (χ0n) is 13.1. The zero-order chi connectivity index (χ0) is 15.5. The second kappa shape index (κ2) is 6.40. The van der Waals surface area contributed by atoms with Crippen molar-refractivity contribution in [2.45, 2.75) is 38.3 Å². The maximum Gasteiger partial charge on any atom is 0.287 e. The number of hydrogen-bond donors (Lipinski definition) is 2. The quantitative estimate of drug-likeness (QED) is 0.891. The molecule has 0 unspecified atom stereocenters. The van der Waals surface area contributed by atoms with Crippen molar-refractivity contribution in [3.63, 3.8) is 0 Å². The van der Waals surface area contributed by atoms with Gasteiger partial charge in [0.2, 0.25) is 0 Å². The topological polar surface area (TPSA) is 63.5 Å².